The maximum Gasteiger partial charge on any atom is 0.206 e. The number of halogens is 1. The number of benzene rings is 2. The highest BCUT2D eigenvalue weighted by Crippen LogP contribution is 2.41. The highest BCUT2D eigenvalue weighted by molar-refractivity contribution is 7.91. The minimum atomic E-state index is -3.81. The number of furan rings is 1. The Labute approximate surface area is 156 Å². The maximum atomic E-state index is 13.5. The average Bonchev–Trinajstić information content (AvgIpc) is 3.27. The first-order chi connectivity index (χ1) is 13.0. The van der Waals surface area contributed by atoms with Gasteiger partial charge in [0.25, 0.3) is 0 Å². The molecule has 2 aliphatic heterocycles. The standard InChI is InChI=1S/C20H18FNO4S/c21-13-2-1-3-14(10-13)27(23,24)15-4-5-18-17(11-15)16-6-8-22-20(19(16)26-18)7-9-25-12-20/h1-5,10-11,22H,6-9,12H2. The second kappa shape index (κ2) is 5.89. The van der Waals surface area contributed by atoms with Crippen LogP contribution < -0.4 is 5.32 Å². The van der Waals surface area contributed by atoms with E-state index in [2.05, 4.69) is 5.32 Å². The Morgan fingerprint density at radius 3 is 2.74 bits per heavy atom. The molecule has 3 aromatic rings. The molecule has 1 N–H and O–H groups in total. The largest absolute Gasteiger partial charge is 0.459 e. The van der Waals surface area contributed by atoms with Crippen molar-refractivity contribution in [3.8, 4) is 0 Å². The van der Waals surface area contributed by atoms with E-state index >= 15 is 0 Å². The molecule has 5 rings (SSSR count). The monoisotopic (exact) mass is 387 g/mol. The third-order valence-corrected chi connectivity index (χ3v) is 7.22. The highest BCUT2D eigenvalue weighted by Gasteiger charge is 2.44. The topological polar surface area (TPSA) is 68.5 Å². The molecular formula is C20H18FNO4S. The van der Waals surface area contributed by atoms with Crippen molar-refractivity contribution in [1.29, 1.82) is 0 Å². The lowest BCUT2D eigenvalue weighted by molar-refractivity contribution is 0.153. The Balaban J connectivity index is 1.67. The smallest absolute Gasteiger partial charge is 0.206 e. The predicted molar refractivity (Wildman–Crippen MR) is 96.9 cm³/mol. The summed E-state index contributed by atoms with van der Waals surface area (Å²) in [6.07, 6.45) is 1.59. The molecule has 1 atom stereocenters. The van der Waals surface area contributed by atoms with E-state index in [4.69, 9.17) is 9.15 Å². The van der Waals surface area contributed by atoms with E-state index in [9.17, 15) is 12.8 Å². The first kappa shape index (κ1) is 16.9. The maximum absolute atomic E-state index is 13.5. The van der Waals surface area contributed by atoms with E-state index in [1.165, 1.54) is 24.3 Å². The van der Waals surface area contributed by atoms with Crippen molar-refractivity contribution in [1.82, 2.24) is 5.32 Å². The van der Waals surface area contributed by atoms with Crippen LogP contribution in [0.3, 0.4) is 0 Å². The second-order valence-corrected chi connectivity index (χ2v) is 9.04. The van der Waals surface area contributed by atoms with Gasteiger partial charge >= 0.3 is 0 Å². The van der Waals surface area contributed by atoms with Crippen molar-refractivity contribution in [2.75, 3.05) is 19.8 Å². The molecule has 1 unspecified atom stereocenters. The first-order valence-corrected chi connectivity index (χ1v) is 10.4. The van der Waals surface area contributed by atoms with E-state index in [0.717, 1.165) is 42.2 Å². The number of hydrogen-bond acceptors (Lipinski definition) is 5. The molecule has 1 saturated heterocycles. The molecule has 2 aliphatic rings. The molecule has 0 aliphatic carbocycles. The number of fused-ring (bicyclic) bond motifs is 4. The van der Waals surface area contributed by atoms with Gasteiger partial charge in [-0.15, -0.1) is 0 Å². The Bertz CT molecular complexity index is 1150. The van der Waals surface area contributed by atoms with Gasteiger partial charge in [0.15, 0.2) is 0 Å². The van der Waals surface area contributed by atoms with E-state index in [-0.39, 0.29) is 15.3 Å². The van der Waals surface area contributed by atoms with Crippen LogP contribution in [0.2, 0.25) is 0 Å². The fourth-order valence-corrected chi connectivity index (χ4v) is 5.41. The van der Waals surface area contributed by atoms with Gasteiger partial charge in [-0.25, -0.2) is 12.8 Å². The first-order valence-electron chi connectivity index (χ1n) is 8.89. The summed E-state index contributed by atoms with van der Waals surface area (Å²) in [5.74, 6) is 0.272. The fourth-order valence-electron chi connectivity index (χ4n) is 4.09. The third kappa shape index (κ3) is 2.53. The number of hydrogen-bond donors (Lipinski definition) is 1. The lowest BCUT2D eigenvalue weighted by Crippen LogP contribution is -2.47. The Hall–Kier alpha value is -2.22. The van der Waals surface area contributed by atoms with Gasteiger partial charge in [0, 0.05) is 24.1 Å². The summed E-state index contributed by atoms with van der Waals surface area (Å²) >= 11 is 0. The zero-order valence-electron chi connectivity index (χ0n) is 14.5. The molecular weight excluding hydrogens is 369 g/mol. The van der Waals surface area contributed by atoms with Gasteiger partial charge in [-0.1, -0.05) is 6.07 Å². The zero-order chi connectivity index (χ0) is 18.6. The molecule has 0 radical (unpaired) electrons. The SMILES string of the molecule is O=S(=O)(c1cccc(F)c1)c1ccc2oc3c(c2c1)CCNC31CCOC1. The molecule has 0 saturated carbocycles. The predicted octanol–water partition coefficient (Wildman–Crippen LogP) is 3.17. The van der Waals surface area contributed by atoms with E-state index in [1.54, 1.807) is 12.1 Å². The van der Waals surface area contributed by atoms with Crippen LogP contribution in [0.5, 0.6) is 0 Å². The molecule has 3 heterocycles. The summed E-state index contributed by atoms with van der Waals surface area (Å²) in [5.41, 5.74) is 1.37. The summed E-state index contributed by atoms with van der Waals surface area (Å²) in [5, 5.41) is 4.31. The molecule has 2 aromatic carbocycles. The average molecular weight is 387 g/mol. The molecule has 1 spiro atoms. The van der Waals surface area contributed by atoms with Gasteiger partial charge in [-0.05, 0) is 49.2 Å². The minimum Gasteiger partial charge on any atom is -0.459 e. The number of ether oxygens (including phenoxy) is 1. The van der Waals surface area contributed by atoms with Crippen LogP contribution in [0.25, 0.3) is 11.0 Å². The fraction of sp³-hybridized carbons (Fsp3) is 0.300. The zero-order valence-corrected chi connectivity index (χ0v) is 15.3. The summed E-state index contributed by atoms with van der Waals surface area (Å²) in [6, 6.07) is 9.92. The highest BCUT2D eigenvalue weighted by atomic mass is 32.2. The Kier molecular flexibility index (Phi) is 3.69. The van der Waals surface area contributed by atoms with Gasteiger partial charge < -0.3 is 14.5 Å². The summed E-state index contributed by atoms with van der Waals surface area (Å²) in [4.78, 5) is 0.0843. The van der Waals surface area contributed by atoms with Gasteiger partial charge in [0.05, 0.1) is 16.4 Å². The van der Waals surface area contributed by atoms with Gasteiger partial charge in [0.2, 0.25) is 9.84 Å². The van der Waals surface area contributed by atoms with Crippen molar-refractivity contribution in [3.05, 3.63) is 59.6 Å². The van der Waals surface area contributed by atoms with Crippen molar-refractivity contribution in [2.24, 2.45) is 0 Å². The molecule has 5 nitrogen and oxygen atoms in total. The molecule has 0 amide bonds. The number of rotatable bonds is 2. The van der Waals surface area contributed by atoms with Crippen LogP contribution in [0.4, 0.5) is 4.39 Å². The van der Waals surface area contributed by atoms with Crippen molar-refractivity contribution >= 4 is 20.8 Å². The Morgan fingerprint density at radius 1 is 1.11 bits per heavy atom. The number of nitrogens with one attached hydrogen (secondary N) is 1. The number of sulfone groups is 1. The van der Waals surface area contributed by atoms with Crippen LogP contribution >= 0.6 is 0 Å². The summed E-state index contributed by atoms with van der Waals surface area (Å²) in [7, 11) is -3.81. The van der Waals surface area contributed by atoms with Gasteiger partial charge in [-0.3, -0.25) is 0 Å². The quantitative estimate of drug-likeness (QED) is 0.732. The molecule has 27 heavy (non-hydrogen) atoms. The van der Waals surface area contributed by atoms with Gasteiger partial charge in [-0.2, -0.15) is 0 Å². The van der Waals surface area contributed by atoms with Crippen LogP contribution in [-0.4, -0.2) is 28.2 Å². The summed E-state index contributed by atoms with van der Waals surface area (Å²) < 4.78 is 51.1. The lowest BCUT2D eigenvalue weighted by Gasteiger charge is -2.31. The molecule has 1 fully saturated rings. The van der Waals surface area contributed by atoms with Gasteiger partial charge in [0.1, 0.15) is 22.7 Å². The molecule has 140 valence electrons. The van der Waals surface area contributed by atoms with E-state index in [0.29, 0.717) is 18.8 Å². The van der Waals surface area contributed by atoms with E-state index < -0.39 is 15.7 Å². The van der Waals surface area contributed by atoms with Crippen molar-refractivity contribution < 1.29 is 22.0 Å². The normalized spacial score (nSPS) is 22.4. The van der Waals surface area contributed by atoms with Crippen molar-refractivity contribution in [2.45, 2.75) is 28.2 Å². The van der Waals surface area contributed by atoms with Crippen molar-refractivity contribution in [3.63, 3.8) is 0 Å². The van der Waals surface area contributed by atoms with E-state index in [1.807, 2.05) is 0 Å². The third-order valence-electron chi connectivity index (χ3n) is 5.47. The molecule has 1 aromatic heterocycles. The van der Waals surface area contributed by atoms with Crippen LogP contribution in [0, 0.1) is 5.82 Å². The lowest BCUT2D eigenvalue weighted by atomic mass is 9.87. The van der Waals surface area contributed by atoms with Crippen LogP contribution in [0.1, 0.15) is 17.7 Å². The van der Waals surface area contributed by atoms with Crippen LogP contribution in [-0.2, 0) is 26.5 Å². The summed E-state index contributed by atoms with van der Waals surface area (Å²) in [6.45, 7) is 2.00. The molecule has 0 bridgehead atoms. The van der Waals surface area contributed by atoms with Crippen LogP contribution in [0.15, 0.2) is 56.7 Å². The Morgan fingerprint density at radius 2 is 1.96 bits per heavy atom. The molecule has 7 heteroatoms. The second-order valence-electron chi connectivity index (χ2n) is 7.09. The minimum absolute atomic E-state index is 0.0541.